The topological polar surface area (TPSA) is 26.3 Å². The molecule has 0 aromatic carbocycles. The molecule has 0 bridgehead atoms. The molecule has 0 amide bonds. The molecular weight excluding hydrogens is 123 g/mol. The van der Waals surface area contributed by atoms with E-state index >= 15 is 0 Å². The van der Waals surface area contributed by atoms with Crippen molar-refractivity contribution in [3.63, 3.8) is 0 Å². The van der Waals surface area contributed by atoms with Gasteiger partial charge in [0.05, 0.1) is 0 Å². The fourth-order valence-corrected chi connectivity index (χ4v) is 0.401. The third-order valence-corrected chi connectivity index (χ3v) is 1.24. The van der Waals surface area contributed by atoms with Gasteiger partial charge in [0.1, 0.15) is 0 Å². The number of rotatable bonds is 2. The molecule has 0 fully saturated rings. The molecule has 44 valence electrons. The molecule has 1 atom stereocenters. The van der Waals surface area contributed by atoms with Gasteiger partial charge in [-0.25, -0.2) is 0 Å². The summed E-state index contributed by atoms with van der Waals surface area (Å²) in [5.74, 6) is 2.33. The van der Waals surface area contributed by atoms with Crippen molar-refractivity contribution in [2.24, 2.45) is 0 Å². The van der Waals surface area contributed by atoms with Crippen molar-refractivity contribution in [3.8, 4) is 12.3 Å². The van der Waals surface area contributed by atoms with E-state index in [1.54, 1.807) is 13.8 Å². The molecular formula is C5H8O2P+. The maximum atomic E-state index is 9.81. The minimum atomic E-state index is -0.777. The summed E-state index contributed by atoms with van der Waals surface area (Å²) in [5, 5.41) is 0. The van der Waals surface area contributed by atoms with Gasteiger partial charge in [-0.15, -0.1) is 10.9 Å². The summed E-state index contributed by atoms with van der Waals surface area (Å²) in [7, 11) is -0.777. The quantitative estimate of drug-likeness (QED) is 0.417. The van der Waals surface area contributed by atoms with Crippen LogP contribution in [-0.4, -0.2) is 5.60 Å². The van der Waals surface area contributed by atoms with Gasteiger partial charge in [0.25, 0.3) is 0 Å². The van der Waals surface area contributed by atoms with Gasteiger partial charge in [-0.3, -0.25) is 0 Å². The monoisotopic (exact) mass is 131 g/mol. The van der Waals surface area contributed by atoms with Crippen LogP contribution in [0.15, 0.2) is 0 Å². The average Bonchev–Trinajstić information content (AvgIpc) is 1.67. The Hall–Kier alpha value is -0.380. The average molecular weight is 131 g/mol. The molecule has 0 aliphatic rings. The van der Waals surface area contributed by atoms with Gasteiger partial charge < -0.3 is 0 Å². The Morgan fingerprint density at radius 1 is 1.75 bits per heavy atom. The van der Waals surface area contributed by atoms with Crippen LogP contribution in [0.4, 0.5) is 0 Å². The zero-order chi connectivity index (χ0) is 6.62. The van der Waals surface area contributed by atoms with Crippen LogP contribution >= 0.6 is 8.69 Å². The van der Waals surface area contributed by atoms with Crippen molar-refractivity contribution in [1.82, 2.24) is 0 Å². The molecule has 0 N–H and O–H groups in total. The Morgan fingerprint density at radius 3 is 2.38 bits per heavy atom. The van der Waals surface area contributed by atoms with Gasteiger partial charge in [0.2, 0.25) is 0 Å². The Kier molecular flexibility index (Phi) is 2.68. The van der Waals surface area contributed by atoms with Crippen molar-refractivity contribution in [1.29, 1.82) is 0 Å². The molecule has 0 aliphatic carbocycles. The van der Waals surface area contributed by atoms with Gasteiger partial charge in [-0.1, -0.05) is 5.92 Å². The van der Waals surface area contributed by atoms with Crippen molar-refractivity contribution in [3.05, 3.63) is 0 Å². The molecule has 2 nitrogen and oxygen atoms in total. The molecule has 0 aliphatic heterocycles. The molecule has 0 radical (unpaired) electrons. The highest BCUT2D eigenvalue weighted by atomic mass is 31.1. The predicted molar refractivity (Wildman–Crippen MR) is 33.0 cm³/mol. The molecule has 0 saturated carbocycles. The van der Waals surface area contributed by atoms with E-state index in [1.807, 2.05) is 0 Å². The fourth-order valence-electron chi connectivity index (χ4n) is 0.134. The summed E-state index contributed by atoms with van der Waals surface area (Å²) in [5.41, 5.74) is -0.680. The van der Waals surface area contributed by atoms with Crippen LogP contribution in [0.3, 0.4) is 0 Å². The van der Waals surface area contributed by atoms with E-state index in [4.69, 9.17) is 6.42 Å². The summed E-state index contributed by atoms with van der Waals surface area (Å²) < 4.78 is 14.4. The van der Waals surface area contributed by atoms with Gasteiger partial charge in [0.15, 0.2) is 5.60 Å². The molecule has 0 aromatic heterocycles. The lowest BCUT2D eigenvalue weighted by Crippen LogP contribution is -2.15. The maximum absolute atomic E-state index is 9.81. The van der Waals surface area contributed by atoms with Crippen molar-refractivity contribution in [2.75, 3.05) is 0 Å². The Balaban J connectivity index is 3.76. The van der Waals surface area contributed by atoms with E-state index in [0.717, 1.165) is 0 Å². The second-order valence-corrected chi connectivity index (χ2v) is 2.21. The van der Waals surface area contributed by atoms with Crippen molar-refractivity contribution in [2.45, 2.75) is 19.4 Å². The van der Waals surface area contributed by atoms with E-state index in [1.165, 1.54) is 0 Å². The number of hydrogen-bond acceptors (Lipinski definition) is 2. The van der Waals surface area contributed by atoms with E-state index in [9.17, 15) is 4.57 Å². The molecule has 0 heterocycles. The highest BCUT2D eigenvalue weighted by Crippen LogP contribution is 2.13. The van der Waals surface area contributed by atoms with E-state index < -0.39 is 14.3 Å². The van der Waals surface area contributed by atoms with Crippen LogP contribution < -0.4 is 0 Å². The van der Waals surface area contributed by atoms with Gasteiger partial charge in [0, 0.05) is 0 Å². The molecule has 0 aromatic rings. The second-order valence-electron chi connectivity index (χ2n) is 1.84. The first-order valence-corrected chi connectivity index (χ1v) is 2.97. The lowest BCUT2D eigenvalue weighted by molar-refractivity contribution is 0.194. The number of terminal acetylenes is 1. The first-order chi connectivity index (χ1) is 3.62. The van der Waals surface area contributed by atoms with Crippen LogP contribution in [0.2, 0.25) is 0 Å². The van der Waals surface area contributed by atoms with Crippen LogP contribution in [0.5, 0.6) is 0 Å². The third-order valence-electron chi connectivity index (χ3n) is 0.644. The Bertz CT molecular complexity index is 123. The molecule has 1 unspecified atom stereocenters. The van der Waals surface area contributed by atoms with Crippen LogP contribution in [0.1, 0.15) is 13.8 Å². The summed E-state index contributed by atoms with van der Waals surface area (Å²) in [6, 6.07) is 0. The normalized spacial score (nSPS) is 11.1. The standard InChI is InChI=1S/C5H8O2P/c1-4-5(2,3)7-8-6/h1,8H,2-3H3/q+1. The molecule has 3 heteroatoms. The molecule has 8 heavy (non-hydrogen) atoms. The minimum absolute atomic E-state index is 0.680. The van der Waals surface area contributed by atoms with E-state index in [0.29, 0.717) is 0 Å². The van der Waals surface area contributed by atoms with E-state index in [2.05, 4.69) is 10.4 Å². The molecule has 0 spiro atoms. The second kappa shape index (κ2) is 2.81. The van der Waals surface area contributed by atoms with Crippen LogP contribution in [0.25, 0.3) is 0 Å². The minimum Gasteiger partial charge on any atom is -0.129 e. The summed E-state index contributed by atoms with van der Waals surface area (Å²) in [4.78, 5) is 0. The SMILES string of the molecule is C#CC(C)(C)O[PH+]=O. The lowest BCUT2D eigenvalue weighted by Gasteiger charge is -2.04. The largest absolute Gasteiger partial charge is 0.495 e. The zero-order valence-electron chi connectivity index (χ0n) is 4.89. The van der Waals surface area contributed by atoms with Gasteiger partial charge in [-0.2, -0.15) is 0 Å². The van der Waals surface area contributed by atoms with Crippen LogP contribution in [0, 0.1) is 12.3 Å². The van der Waals surface area contributed by atoms with Gasteiger partial charge >= 0.3 is 8.69 Å². The fraction of sp³-hybridized carbons (Fsp3) is 0.600. The predicted octanol–water partition coefficient (Wildman–Crippen LogP) is 1.35. The first kappa shape index (κ1) is 7.62. The molecule has 0 saturated heterocycles. The van der Waals surface area contributed by atoms with Crippen molar-refractivity contribution < 1.29 is 9.09 Å². The smallest absolute Gasteiger partial charge is 0.129 e. The molecule has 0 rings (SSSR count). The Morgan fingerprint density at radius 2 is 2.25 bits per heavy atom. The maximum Gasteiger partial charge on any atom is 0.495 e. The van der Waals surface area contributed by atoms with Crippen molar-refractivity contribution >= 4 is 8.69 Å². The first-order valence-electron chi connectivity index (χ1n) is 2.15. The highest BCUT2D eigenvalue weighted by Gasteiger charge is 2.18. The number of hydrogen-bond donors (Lipinski definition) is 0. The lowest BCUT2D eigenvalue weighted by atomic mass is 10.2. The third kappa shape index (κ3) is 2.74. The van der Waals surface area contributed by atoms with E-state index in [-0.39, 0.29) is 0 Å². The highest BCUT2D eigenvalue weighted by molar-refractivity contribution is 7.17. The summed E-state index contributed by atoms with van der Waals surface area (Å²) >= 11 is 0. The van der Waals surface area contributed by atoms with Crippen LogP contribution in [-0.2, 0) is 9.09 Å². The Labute approximate surface area is 50.5 Å². The summed E-state index contributed by atoms with van der Waals surface area (Å²) in [6.07, 6.45) is 4.98. The zero-order valence-corrected chi connectivity index (χ0v) is 5.89. The summed E-state index contributed by atoms with van der Waals surface area (Å²) in [6.45, 7) is 3.36. The van der Waals surface area contributed by atoms with Gasteiger partial charge in [-0.05, 0) is 18.4 Å².